The second kappa shape index (κ2) is 6.01. The van der Waals surface area contributed by atoms with Crippen LogP contribution < -0.4 is 5.32 Å². The van der Waals surface area contributed by atoms with E-state index >= 15 is 0 Å². The Morgan fingerprint density at radius 2 is 2.21 bits per heavy atom. The van der Waals surface area contributed by atoms with Gasteiger partial charge in [0.1, 0.15) is 5.69 Å². The van der Waals surface area contributed by atoms with Crippen LogP contribution in [-0.2, 0) is 0 Å². The van der Waals surface area contributed by atoms with Crippen LogP contribution in [0.1, 0.15) is 22.6 Å². The molecule has 1 saturated heterocycles. The van der Waals surface area contributed by atoms with Gasteiger partial charge >= 0.3 is 12.0 Å². The average Bonchev–Trinajstić information content (AvgIpc) is 2.58. The summed E-state index contributed by atoms with van der Waals surface area (Å²) in [6, 6.07) is 1.40. The highest BCUT2D eigenvalue weighted by Crippen LogP contribution is 2.18. The summed E-state index contributed by atoms with van der Waals surface area (Å²) >= 11 is 1.83. The Balaban J connectivity index is 2.07. The molecule has 0 unspecified atom stereocenters. The largest absolute Gasteiger partial charge is 0.477 e. The van der Waals surface area contributed by atoms with Crippen LogP contribution in [0, 0.1) is 6.92 Å². The van der Waals surface area contributed by atoms with Crippen molar-refractivity contribution in [1.29, 1.82) is 0 Å². The number of aromatic amines is 1. The number of hydrogen-bond acceptors (Lipinski definition) is 3. The normalized spacial score (nSPS) is 15.9. The molecule has 2 heterocycles. The van der Waals surface area contributed by atoms with Crippen LogP contribution in [-0.4, -0.2) is 51.6 Å². The van der Waals surface area contributed by atoms with Gasteiger partial charge in [0, 0.05) is 24.5 Å². The van der Waals surface area contributed by atoms with E-state index < -0.39 is 5.97 Å². The van der Waals surface area contributed by atoms with Crippen LogP contribution >= 0.6 is 11.8 Å². The van der Waals surface area contributed by atoms with Crippen LogP contribution in [0.15, 0.2) is 6.07 Å². The number of carboxylic acids is 1. The number of thioether (sulfide) groups is 1. The SMILES string of the molecule is Cc1cc(NC(=O)N2CCCSCC2)c(C(=O)O)[nH]1. The molecule has 6 nitrogen and oxygen atoms in total. The predicted octanol–water partition coefficient (Wildman–Crippen LogP) is 1.99. The van der Waals surface area contributed by atoms with E-state index in [1.165, 1.54) is 0 Å². The number of amides is 2. The lowest BCUT2D eigenvalue weighted by atomic mass is 10.3. The number of urea groups is 1. The first-order chi connectivity index (χ1) is 9.08. The highest BCUT2D eigenvalue weighted by Gasteiger charge is 2.19. The molecule has 2 amide bonds. The molecule has 0 atom stereocenters. The van der Waals surface area contributed by atoms with E-state index in [1.54, 1.807) is 17.9 Å². The number of anilines is 1. The number of carbonyl (C=O) groups is 2. The van der Waals surface area contributed by atoms with Crippen LogP contribution in [0.25, 0.3) is 0 Å². The lowest BCUT2D eigenvalue weighted by molar-refractivity contribution is 0.0692. The molecular formula is C12H17N3O3S. The van der Waals surface area contributed by atoms with Gasteiger partial charge in [-0.15, -0.1) is 0 Å². The van der Waals surface area contributed by atoms with E-state index in [1.807, 2.05) is 11.8 Å². The number of rotatable bonds is 2. The number of carboxylic acid groups (broad SMARTS) is 1. The highest BCUT2D eigenvalue weighted by atomic mass is 32.2. The van der Waals surface area contributed by atoms with Crippen molar-refractivity contribution < 1.29 is 14.7 Å². The predicted molar refractivity (Wildman–Crippen MR) is 75.0 cm³/mol. The maximum Gasteiger partial charge on any atom is 0.354 e. The molecule has 0 spiro atoms. The topological polar surface area (TPSA) is 85.4 Å². The van der Waals surface area contributed by atoms with Crippen molar-refractivity contribution in [2.24, 2.45) is 0 Å². The van der Waals surface area contributed by atoms with Crippen LogP contribution in [0.4, 0.5) is 10.5 Å². The van der Waals surface area contributed by atoms with Crippen molar-refractivity contribution in [3.05, 3.63) is 17.5 Å². The lowest BCUT2D eigenvalue weighted by Crippen LogP contribution is -2.36. The fourth-order valence-corrected chi connectivity index (χ4v) is 2.89. The van der Waals surface area contributed by atoms with Gasteiger partial charge in [0.25, 0.3) is 0 Å². The first-order valence-corrected chi connectivity index (χ1v) is 7.30. The van der Waals surface area contributed by atoms with E-state index in [4.69, 9.17) is 5.11 Å². The summed E-state index contributed by atoms with van der Waals surface area (Å²) < 4.78 is 0. The van der Waals surface area contributed by atoms with E-state index in [0.29, 0.717) is 24.5 Å². The Labute approximate surface area is 115 Å². The molecule has 1 aliphatic rings. The van der Waals surface area contributed by atoms with Gasteiger partial charge < -0.3 is 20.3 Å². The van der Waals surface area contributed by atoms with Crippen molar-refractivity contribution in [3.63, 3.8) is 0 Å². The summed E-state index contributed by atoms with van der Waals surface area (Å²) in [6.45, 7) is 3.16. The van der Waals surface area contributed by atoms with E-state index in [9.17, 15) is 9.59 Å². The molecule has 1 aliphatic heterocycles. The van der Waals surface area contributed by atoms with Crippen molar-refractivity contribution >= 4 is 29.4 Å². The van der Waals surface area contributed by atoms with Gasteiger partial charge in [-0.1, -0.05) is 0 Å². The van der Waals surface area contributed by atoms with E-state index in [0.717, 1.165) is 17.9 Å². The first kappa shape index (κ1) is 13.8. The number of aromatic carboxylic acids is 1. The van der Waals surface area contributed by atoms with Crippen molar-refractivity contribution in [2.45, 2.75) is 13.3 Å². The van der Waals surface area contributed by atoms with Crippen molar-refractivity contribution in [3.8, 4) is 0 Å². The standard InChI is InChI=1S/C12H17N3O3S/c1-8-7-9(10(13-8)11(16)17)14-12(18)15-3-2-5-19-6-4-15/h7,13H,2-6H2,1H3,(H,14,18)(H,16,17). The molecule has 3 N–H and O–H groups in total. The number of hydrogen-bond donors (Lipinski definition) is 3. The number of nitrogens with one attached hydrogen (secondary N) is 2. The maximum atomic E-state index is 12.1. The van der Waals surface area contributed by atoms with Crippen LogP contribution in [0.5, 0.6) is 0 Å². The molecule has 0 bridgehead atoms. The minimum atomic E-state index is -1.07. The summed E-state index contributed by atoms with van der Waals surface area (Å²) in [5.41, 5.74) is 1.06. The zero-order valence-corrected chi connectivity index (χ0v) is 11.5. The Morgan fingerprint density at radius 1 is 1.42 bits per heavy atom. The van der Waals surface area contributed by atoms with Gasteiger partial charge in [-0.05, 0) is 25.2 Å². The van der Waals surface area contributed by atoms with Crippen molar-refractivity contribution in [2.75, 3.05) is 29.9 Å². The Bertz CT molecular complexity index is 479. The summed E-state index contributed by atoms with van der Waals surface area (Å²) in [5.74, 6) is 0.911. The third kappa shape index (κ3) is 3.44. The minimum Gasteiger partial charge on any atom is -0.477 e. The van der Waals surface area contributed by atoms with Crippen molar-refractivity contribution in [1.82, 2.24) is 9.88 Å². The van der Waals surface area contributed by atoms with Gasteiger partial charge in [0.15, 0.2) is 0 Å². The number of nitrogens with zero attached hydrogens (tertiary/aromatic N) is 1. The number of aryl methyl sites for hydroxylation is 1. The molecule has 2 rings (SSSR count). The van der Waals surface area contributed by atoms with Crippen LogP contribution in [0.2, 0.25) is 0 Å². The zero-order chi connectivity index (χ0) is 13.8. The zero-order valence-electron chi connectivity index (χ0n) is 10.7. The molecule has 0 aliphatic carbocycles. The monoisotopic (exact) mass is 283 g/mol. The Kier molecular flexibility index (Phi) is 4.36. The quantitative estimate of drug-likeness (QED) is 0.775. The molecule has 0 aromatic carbocycles. The number of H-pyrrole nitrogens is 1. The first-order valence-electron chi connectivity index (χ1n) is 6.14. The molecule has 0 saturated carbocycles. The number of aromatic nitrogens is 1. The Morgan fingerprint density at radius 3 is 2.95 bits per heavy atom. The second-order valence-electron chi connectivity index (χ2n) is 4.43. The fourth-order valence-electron chi connectivity index (χ4n) is 2.00. The summed E-state index contributed by atoms with van der Waals surface area (Å²) in [4.78, 5) is 27.6. The minimum absolute atomic E-state index is 0.0232. The molecular weight excluding hydrogens is 266 g/mol. The van der Waals surface area contributed by atoms with Gasteiger partial charge in [0.05, 0.1) is 5.69 Å². The molecule has 1 aromatic rings. The van der Waals surface area contributed by atoms with E-state index in [-0.39, 0.29) is 11.7 Å². The molecule has 104 valence electrons. The van der Waals surface area contributed by atoms with Gasteiger partial charge in [-0.3, -0.25) is 0 Å². The third-order valence-electron chi connectivity index (χ3n) is 2.92. The third-order valence-corrected chi connectivity index (χ3v) is 3.97. The molecule has 19 heavy (non-hydrogen) atoms. The van der Waals surface area contributed by atoms with E-state index in [2.05, 4.69) is 10.3 Å². The van der Waals surface area contributed by atoms with Gasteiger partial charge in [-0.25, -0.2) is 9.59 Å². The summed E-state index contributed by atoms with van der Waals surface area (Å²) in [6.07, 6.45) is 0.968. The van der Waals surface area contributed by atoms with Crippen LogP contribution in [0.3, 0.4) is 0 Å². The smallest absolute Gasteiger partial charge is 0.354 e. The Hall–Kier alpha value is -1.63. The second-order valence-corrected chi connectivity index (χ2v) is 5.65. The molecule has 0 radical (unpaired) electrons. The average molecular weight is 283 g/mol. The fraction of sp³-hybridized carbons (Fsp3) is 0.500. The van der Waals surface area contributed by atoms with Gasteiger partial charge in [0.2, 0.25) is 0 Å². The summed E-state index contributed by atoms with van der Waals surface area (Å²) in [5, 5.41) is 11.7. The molecule has 1 fully saturated rings. The molecule has 1 aromatic heterocycles. The molecule has 7 heteroatoms. The number of carbonyl (C=O) groups excluding carboxylic acids is 1. The lowest BCUT2D eigenvalue weighted by Gasteiger charge is -2.20. The summed E-state index contributed by atoms with van der Waals surface area (Å²) in [7, 11) is 0. The maximum absolute atomic E-state index is 12.1. The highest BCUT2D eigenvalue weighted by molar-refractivity contribution is 7.99. The van der Waals surface area contributed by atoms with Gasteiger partial charge in [-0.2, -0.15) is 11.8 Å².